The summed E-state index contributed by atoms with van der Waals surface area (Å²) in [6, 6.07) is 15.2. The van der Waals surface area contributed by atoms with Gasteiger partial charge >= 0.3 is 0 Å². The topological polar surface area (TPSA) is 75.3 Å². The smallest absolute Gasteiger partial charge is 0.244 e. The lowest BCUT2D eigenvalue weighted by atomic mass is 9.87. The lowest BCUT2D eigenvalue weighted by Gasteiger charge is -2.18. The van der Waals surface area contributed by atoms with Crippen molar-refractivity contribution in [3.8, 4) is 0 Å². The fourth-order valence-corrected chi connectivity index (χ4v) is 4.32. The van der Waals surface area contributed by atoms with Gasteiger partial charge in [-0.3, -0.25) is 4.79 Å². The minimum atomic E-state index is -3.35. The van der Waals surface area contributed by atoms with Crippen molar-refractivity contribution in [3.05, 3.63) is 76.9 Å². The van der Waals surface area contributed by atoms with Crippen LogP contribution in [0.4, 0.5) is 0 Å². The molecule has 0 atom stereocenters. The molecule has 2 N–H and O–H groups in total. The first-order valence-electron chi connectivity index (χ1n) is 10.1. The first-order valence-corrected chi connectivity index (χ1v) is 11.7. The molecule has 2 rings (SSSR count). The molecule has 5 nitrogen and oxygen atoms in total. The Morgan fingerprint density at radius 3 is 2.07 bits per heavy atom. The normalized spacial score (nSPS) is 12.5. The van der Waals surface area contributed by atoms with E-state index >= 15 is 0 Å². The largest absolute Gasteiger partial charge is 0.348 e. The van der Waals surface area contributed by atoms with E-state index in [2.05, 4.69) is 42.9 Å². The first-order chi connectivity index (χ1) is 13.9. The fourth-order valence-electron chi connectivity index (χ4n) is 2.89. The lowest BCUT2D eigenvalue weighted by molar-refractivity contribution is -0.116. The Bertz CT molecular complexity index is 969. The van der Waals surface area contributed by atoms with Crippen molar-refractivity contribution in [2.45, 2.75) is 58.4 Å². The summed E-state index contributed by atoms with van der Waals surface area (Å²) in [4.78, 5) is 12.1. The van der Waals surface area contributed by atoms with Crippen LogP contribution >= 0.6 is 0 Å². The number of hydrogen-bond acceptors (Lipinski definition) is 3. The Kier molecular flexibility index (Phi) is 7.98. The molecule has 0 aliphatic rings. The molecule has 2 aromatic rings. The molecule has 2 aromatic carbocycles. The summed E-state index contributed by atoms with van der Waals surface area (Å²) in [5, 5.41) is 2.84. The number of carbonyl (C=O) groups excluding carboxylic acids is 1. The standard InChI is InChI=1S/C24H32N2O3S/c1-18(2)26-30(28,29)17-21-8-6-20(7-9-21)16-25-23(27)15-12-19-10-13-22(14-11-19)24(3,4)5/h6-15,18,26H,16-17H2,1-5H3,(H,25,27)/b15-12+. The van der Waals surface area contributed by atoms with Crippen LogP contribution in [0.1, 0.15) is 56.9 Å². The van der Waals surface area contributed by atoms with E-state index in [1.165, 1.54) is 11.6 Å². The van der Waals surface area contributed by atoms with Crippen molar-refractivity contribution in [2.24, 2.45) is 0 Å². The van der Waals surface area contributed by atoms with Crippen LogP contribution in [0.25, 0.3) is 6.08 Å². The molecular formula is C24H32N2O3S. The van der Waals surface area contributed by atoms with Crippen LogP contribution in [0.5, 0.6) is 0 Å². The van der Waals surface area contributed by atoms with Gasteiger partial charge in [-0.1, -0.05) is 69.3 Å². The highest BCUT2D eigenvalue weighted by Gasteiger charge is 2.13. The number of amides is 1. The van der Waals surface area contributed by atoms with Crippen LogP contribution in [0.15, 0.2) is 54.6 Å². The van der Waals surface area contributed by atoms with E-state index in [0.717, 1.165) is 11.1 Å². The molecule has 0 fully saturated rings. The van der Waals surface area contributed by atoms with Crippen LogP contribution in [0, 0.1) is 0 Å². The Morgan fingerprint density at radius 2 is 1.53 bits per heavy atom. The molecule has 0 heterocycles. The predicted octanol–water partition coefficient (Wildman–Crippen LogP) is 4.14. The highest BCUT2D eigenvalue weighted by molar-refractivity contribution is 7.88. The van der Waals surface area contributed by atoms with Crippen molar-refractivity contribution < 1.29 is 13.2 Å². The molecule has 6 heteroatoms. The monoisotopic (exact) mass is 428 g/mol. The van der Waals surface area contributed by atoms with E-state index in [1.807, 2.05) is 24.3 Å². The van der Waals surface area contributed by atoms with Crippen molar-refractivity contribution in [1.82, 2.24) is 10.0 Å². The second-order valence-electron chi connectivity index (χ2n) is 8.77. The van der Waals surface area contributed by atoms with E-state index in [9.17, 15) is 13.2 Å². The van der Waals surface area contributed by atoms with Gasteiger partial charge in [-0.2, -0.15) is 0 Å². The minimum Gasteiger partial charge on any atom is -0.348 e. The van der Waals surface area contributed by atoms with Gasteiger partial charge in [0, 0.05) is 18.7 Å². The van der Waals surface area contributed by atoms with Crippen LogP contribution < -0.4 is 10.0 Å². The third kappa shape index (κ3) is 8.13. The molecule has 162 valence electrons. The average molecular weight is 429 g/mol. The number of benzene rings is 2. The summed E-state index contributed by atoms with van der Waals surface area (Å²) < 4.78 is 26.5. The molecule has 1 amide bonds. The predicted molar refractivity (Wildman–Crippen MR) is 123 cm³/mol. The fraction of sp³-hybridized carbons (Fsp3) is 0.375. The van der Waals surface area contributed by atoms with E-state index < -0.39 is 10.0 Å². The third-order valence-corrected chi connectivity index (χ3v) is 6.01. The number of hydrogen-bond donors (Lipinski definition) is 2. The molecule has 30 heavy (non-hydrogen) atoms. The van der Waals surface area contributed by atoms with Gasteiger partial charge in [-0.15, -0.1) is 0 Å². The Labute approximate surface area is 180 Å². The van der Waals surface area contributed by atoms with Crippen LogP contribution in [0.2, 0.25) is 0 Å². The quantitative estimate of drug-likeness (QED) is 0.621. The molecule has 0 aliphatic heterocycles. The van der Waals surface area contributed by atoms with Gasteiger partial charge in [0.1, 0.15) is 0 Å². The molecule has 0 radical (unpaired) electrons. The summed E-state index contributed by atoms with van der Waals surface area (Å²) in [6.45, 7) is 10.5. The van der Waals surface area contributed by atoms with Gasteiger partial charge in [-0.25, -0.2) is 13.1 Å². The van der Waals surface area contributed by atoms with E-state index in [4.69, 9.17) is 0 Å². The number of nitrogens with one attached hydrogen (secondary N) is 2. The van der Waals surface area contributed by atoms with Crippen molar-refractivity contribution in [3.63, 3.8) is 0 Å². The minimum absolute atomic E-state index is 0.0610. The SMILES string of the molecule is CC(C)NS(=O)(=O)Cc1ccc(CNC(=O)/C=C/c2ccc(C(C)(C)C)cc2)cc1. The van der Waals surface area contributed by atoms with Crippen molar-refractivity contribution in [1.29, 1.82) is 0 Å². The van der Waals surface area contributed by atoms with Gasteiger partial charge in [0.25, 0.3) is 0 Å². The molecule has 0 aromatic heterocycles. The number of sulfonamides is 1. The second kappa shape index (κ2) is 10.0. The molecule has 0 bridgehead atoms. The van der Waals surface area contributed by atoms with E-state index in [-0.39, 0.29) is 23.1 Å². The molecule has 0 spiro atoms. The molecule has 0 saturated heterocycles. The summed E-state index contributed by atoms with van der Waals surface area (Å²) in [7, 11) is -3.35. The zero-order valence-corrected chi connectivity index (χ0v) is 19.2. The van der Waals surface area contributed by atoms with Gasteiger partial charge < -0.3 is 5.32 Å². The van der Waals surface area contributed by atoms with Crippen LogP contribution in [0.3, 0.4) is 0 Å². The summed E-state index contributed by atoms with van der Waals surface area (Å²) in [5.41, 5.74) is 3.93. The maximum Gasteiger partial charge on any atom is 0.244 e. The Balaban J connectivity index is 1.86. The Hall–Kier alpha value is -2.44. The molecule has 0 unspecified atom stereocenters. The van der Waals surface area contributed by atoms with Gasteiger partial charge in [-0.05, 0) is 47.6 Å². The highest BCUT2D eigenvalue weighted by Crippen LogP contribution is 2.22. The maximum absolute atomic E-state index is 12.1. The van der Waals surface area contributed by atoms with Crippen LogP contribution in [-0.4, -0.2) is 20.4 Å². The van der Waals surface area contributed by atoms with Crippen molar-refractivity contribution >= 4 is 22.0 Å². The highest BCUT2D eigenvalue weighted by atomic mass is 32.2. The summed E-state index contributed by atoms with van der Waals surface area (Å²) in [6.07, 6.45) is 3.31. The van der Waals surface area contributed by atoms with Crippen LogP contribution in [-0.2, 0) is 32.5 Å². The second-order valence-corrected chi connectivity index (χ2v) is 10.5. The van der Waals surface area contributed by atoms with E-state index in [0.29, 0.717) is 12.1 Å². The summed E-state index contributed by atoms with van der Waals surface area (Å²) >= 11 is 0. The van der Waals surface area contributed by atoms with Gasteiger partial charge in [0.05, 0.1) is 5.75 Å². The lowest BCUT2D eigenvalue weighted by Crippen LogP contribution is -2.31. The van der Waals surface area contributed by atoms with Crippen molar-refractivity contribution in [2.75, 3.05) is 0 Å². The average Bonchev–Trinajstić information content (AvgIpc) is 2.64. The number of carbonyl (C=O) groups is 1. The Morgan fingerprint density at radius 1 is 0.967 bits per heavy atom. The molecule has 0 saturated carbocycles. The van der Waals surface area contributed by atoms with Gasteiger partial charge in [0.15, 0.2) is 0 Å². The number of rotatable bonds is 8. The zero-order chi connectivity index (χ0) is 22.4. The third-order valence-electron chi connectivity index (χ3n) is 4.47. The van der Waals surface area contributed by atoms with Gasteiger partial charge in [0.2, 0.25) is 15.9 Å². The van der Waals surface area contributed by atoms with E-state index in [1.54, 1.807) is 32.1 Å². The summed E-state index contributed by atoms with van der Waals surface area (Å²) in [5.74, 6) is -0.239. The maximum atomic E-state index is 12.1. The zero-order valence-electron chi connectivity index (χ0n) is 18.4. The molecular weight excluding hydrogens is 396 g/mol. The first kappa shape index (κ1) is 23.8. The molecule has 0 aliphatic carbocycles.